The van der Waals surface area contributed by atoms with E-state index in [0.717, 1.165) is 19.3 Å². The first-order valence-corrected chi connectivity index (χ1v) is 9.84. The zero-order valence-electron chi connectivity index (χ0n) is 15.4. The van der Waals surface area contributed by atoms with Gasteiger partial charge in [0.2, 0.25) is 0 Å². The lowest BCUT2D eigenvalue weighted by Crippen LogP contribution is -2.51. The molecule has 0 spiro atoms. The van der Waals surface area contributed by atoms with Gasteiger partial charge in [0.25, 0.3) is 11.6 Å². The highest BCUT2D eigenvalue weighted by Crippen LogP contribution is 2.29. The molecule has 8 heteroatoms. The molecule has 2 rings (SSSR count). The van der Waals surface area contributed by atoms with E-state index in [9.17, 15) is 19.7 Å². The van der Waals surface area contributed by atoms with Crippen molar-refractivity contribution in [3.8, 4) is 0 Å². The van der Waals surface area contributed by atoms with E-state index >= 15 is 0 Å². The SMILES string of the molecule is CSc1ccc(C(=O)O[C@H](C)C(=O)N2[C@H](C)CCC[C@H]2C)cc1[N+](=O)[O-]. The van der Waals surface area contributed by atoms with Crippen molar-refractivity contribution in [2.45, 2.75) is 63.1 Å². The Morgan fingerprint density at radius 1 is 1.31 bits per heavy atom. The number of benzene rings is 1. The maximum absolute atomic E-state index is 12.7. The Labute approximate surface area is 157 Å². The molecule has 0 bridgehead atoms. The van der Waals surface area contributed by atoms with Crippen LogP contribution in [-0.2, 0) is 9.53 Å². The summed E-state index contributed by atoms with van der Waals surface area (Å²) in [6, 6.07) is 4.39. The third-order valence-corrected chi connectivity index (χ3v) is 5.48. The summed E-state index contributed by atoms with van der Waals surface area (Å²) in [4.78, 5) is 37.9. The average molecular weight is 380 g/mol. The maximum Gasteiger partial charge on any atom is 0.339 e. The molecule has 1 saturated heterocycles. The predicted octanol–water partition coefficient (Wildman–Crippen LogP) is 3.65. The summed E-state index contributed by atoms with van der Waals surface area (Å²) in [5.41, 5.74) is -0.0851. The number of esters is 1. The lowest BCUT2D eigenvalue weighted by atomic mass is 9.97. The van der Waals surface area contributed by atoms with Crippen LogP contribution in [0.4, 0.5) is 5.69 Å². The fourth-order valence-corrected chi connectivity index (χ4v) is 3.85. The highest BCUT2D eigenvalue weighted by atomic mass is 32.2. The van der Waals surface area contributed by atoms with Gasteiger partial charge < -0.3 is 9.64 Å². The monoisotopic (exact) mass is 380 g/mol. The quantitative estimate of drug-likeness (QED) is 0.335. The molecule has 0 saturated carbocycles. The second-order valence-electron chi connectivity index (χ2n) is 6.57. The van der Waals surface area contributed by atoms with Gasteiger partial charge in [-0.2, -0.15) is 0 Å². The van der Waals surface area contributed by atoms with Crippen LogP contribution < -0.4 is 0 Å². The van der Waals surface area contributed by atoms with Crippen molar-refractivity contribution in [3.63, 3.8) is 0 Å². The van der Waals surface area contributed by atoms with Gasteiger partial charge in [-0.25, -0.2) is 4.79 Å². The van der Waals surface area contributed by atoms with Gasteiger partial charge in [0, 0.05) is 18.2 Å². The second kappa shape index (κ2) is 8.53. The van der Waals surface area contributed by atoms with Gasteiger partial charge in [-0.15, -0.1) is 11.8 Å². The van der Waals surface area contributed by atoms with Crippen LogP contribution in [-0.4, -0.2) is 46.1 Å². The molecule has 1 fully saturated rings. The molecule has 1 aromatic carbocycles. The van der Waals surface area contributed by atoms with Gasteiger partial charge in [0.1, 0.15) is 0 Å². The van der Waals surface area contributed by atoms with Crippen molar-refractivity contribution in [1.82, 2.24) is 4.90 Å². The van der Waals surface area contributed by atoms with Crippen molar-refractivity contribution < 1.29 is 19.2 Å². The van der Waals surface area contributed by atoms with Crippen molar-refractivity contribution >= 4 is 29.3 Å². The van der Waals surface area contributed by atoms with Gasteiger partial charge in [-0.3, -0.25) is 14.9 Å². The highest BCUT2D eigenvalue weighted by Gasteiger charge is 2.33. The maximum atomic E-state index is 12.7. The average Bonchev–Trinajstić information content (AvgIpc) is 2.60. The molecule has 0 radical (unpaired) electrons. The van der Waals surface area contributed by atoms with E-state index < -0.39 is 17.0 Å². The van der Waals surface area contributed by atoms with Gasteiger partial charge in [-0.1, -0.05) is 0 Å². The summed E-state index contributed by atoms with van der Waals surface area (Å²) < 4.78 is 5.30. The molecule has 1 aromatic rings. The van der Waals surface area contributed by atoms with Gasteiger partial charge in [0.15, 0.2) is 6.10 Å². The van der Waals surface area contributed by atoms with Gasteiger partial charge >= 0.3 is 5.97 Å². The smallest absolute Gasteiger partial charge is 0.339 e. The molecule has 0 aliphatic carbocycles. The van der Waals surface area contributed by atoms with Crippen LogP contribution in [0.5, 0.6) is 0 Å². The zero-order chi connectivity index (χ0) is 19.4. The summed E-state index contributed by atoms with van der Waals surface area (Å²) in [7, 11) is 0. The van der Waals surface area contributed by atoms with E-state index in [2.05, 4.69) is 0 Å². The number of hydrogen-bond acceptors (Lipinski definition) is 6. The minimum absolute atomic E-state index is 0.0638. The standard InChI is InChI=1S/C18H24N2O5S/c1-11-6-5-7-12(2)19(11)17(21)13(3)25-18(22)14-8-9-16(26-4)15(10-14)20(23)24/h8-13H,5-7H2,1-4H3/t11-,12-,13-/m1/s1. The van der Waals surface area contributed by atoms with Crippen molar-refractivity contribution in [2.75, 3.05) is 6.26 Å². The largest absolute Gasteiger partial charge is 0.449 e. The van der Waals surface area contributed by atoms with Gasteiger partial charge in [0.05, 0.1) is 15.4 Å². The fourth-order valence-electron chi connectivity index (χ4n) is 3.30. The Bertz CT molecular complexity index is 699. The summed E-state index contributed by atoms with van der Waals surface area (Å²) in [5, 5.41) is 11.1. The Morgan fingerprint density at radius 2 is 1.92 bits per heavy atom. The van der Waals surface area contributed by atoms with Crippen LogP contribution in [0.15, 0.2) is 23.1 Å². The topological polar surface area (TPSA) is 89.8 Å². The van der Waals surface area contributed by atoms with Crippen LogP contribution in [0.3, 0.4) is 0 Å². The Hall–Kier alpha value is -2.09. The van der Waals surface area contributed by atoms with Crippen LogP contribution in [0, 0.1) is 10.1 Å². The lowest BCUT2D eigenvalue weighted by molar-refractivity contribution is -0.387. The number of piperidine rings is 1. The van der Waals surface area contributed by atoms with Crippen molar-refractivity contribution in [3.05, 3.63) is 33.9 Å². The second-order valence-corrected chi connectivity index (χ2v) is 7.41. The number of rotatable bonds is 5. The molecule has 1 amide bonds. The first-order chi connectivity index (χ1) is 12.3. The molecule has 3 atom stereocenters. The number of amides is 1. The number of nitro groups is 1. The molecular weight excluding hydrogens is 356 g/mol. The molecule has 1 aliphatic heterocycles. The minimum Gasteiger partial charge on any atom is -0.449 e. The molecular formula is C18H24N2O5S. The number of ether oxygens (including phenoxy) is 1. The summed E-state index contributed by atoms with van der Waals surface area (Å²) in [6.45, 7) is 5.53. The van der Waals surface area contributed by atoms with Crippen LogP contribution in [0.25, 0.3) is 0 Å². The Kier molecular flexibility index (Phi) is 6.63. The molecule has 1 heterocycles. The van der Waals surface area contributed by atoms with E-state index in [1.165, 1.54) is 30.0 Å². The molecule has 0 N–H and O–H groups in total. The third-order valence-electron chi connectivity index (χ3n) is 4.69. The minimum atomic E-state index is -0.940. The van der Waals surface area contributed by atoms with Crippen LogP contribution in [0.1, 0.15) is 50.4 Å². The summed E-state index contributed by atoms with van der Waals surface area (Å²) in [5.74, 6) is -0.966. The number of nitro benzene ring substituents is 1. The van der Waals surface area contributed by atoms with E-state index in [0.29, 0.717) is 4.90 Å². The Balaban J connectivity index is 2.12. The zero-order valence-corrected chi connectivity index (χ0v) is 16.2. The molecule has 26 heavy (non-hydrogen) atoms. The lowest BCUT2D eigenvalue weighted by Gasteiger charge is -2.40. The molecule has 142 valence electrons. The van der Waals surface area contributed by atoms with Gasteiger partial charge in [-0.05, 0) is 58.4 Å². The Morgan fingerprint density at radius 3 is 2.46 bits per heavy atom. The predicted molar refractivity (Wildman–Crippen MR) is 99.4 cm³/mol. The van der Waals surface area contributed by atoms with E-state index in [1.54, 1.807) is 18.1 Å². The van der Waals surface area contributed by atoms with Crippen molar-refractivity contribution in [1.29, 1.82) is 0 Å². The first kappa shape index (κ1) is 20.2. The first-order valence-electron chi connectivity index (χ1n) is 8.61. The fraction of sp³-hybridized carbons (Fsp3) is 0.556. The van der Waals surface area contributed by atoms with E-state index in [-0.39, 0.29) is 29.2 Å². The van der Waals surface area contributed by atoms with E-state index in [4.69, 9.17) is 4.74 Å². The summed E-state index contributed by atoms with van der Waals surface area (Å²) in [6.07, 6.45) is 3.72. The number of nitrogens with zero attached hydrogens (tertiary/aromatic N) is 2. The van der Waals surface area contributed by atoms with E-state index in [1.807, 2.05) is 13.8 Å². The highest BCUT2D eigenvalue weighted by molar-refractivity contribution is 7.98. The number of carbonyl (C=O) groups excluding carboxylic acids is 2. The normalized spacial score (nSPS) is 21.2. The molecule has 1 aliphatic rings. The van der Waals surface area contributed by atoms with Crippen LogP contribution in [0.2, 0.25) is 0 Å². The number of likely N-dealkylation sites (tertiary alicyclic amines) is 1. The van der Waals surface area contributed by atoms with Crippen molar-refractivity contribution in [2.24, 2.45) is 0 Å². The van der Waals surface area contributed by atoms with Crippen LogP contribution >= 0.6 is 11.8 Å². The summed E-state index contributed by atoms with van der Waals surface area (Å²) >= 11 is 1.23. The molecule has 0 aromatic heterocycles. The number of hydrogen-bond donors (Lipinski definition) is 0. The molecule has 7 nitrogen and oxygen atoms in total. The third kappa shape index (κ3) is 4.35. The molecule has 0 unspecified atom stereocenters. The number of carbonyl (C=O) groups is 2. The number of thioether (sulfide) groups is 1.